The predicted octanol–water partition coefficient (Wildman–Crippen LogP) is 2.28. The van der Waals surface area contributed by atoms with E-state index < -0.39 is 27.2 Å². The number of halogens is 2. The molecule has 0 aliphatic rings. The van der Waals surface area contributed by atoms with Crippen LogP contribution in [0.4, 0.5) is 8.78 Å². The molecule has 0 amide bonds. The molecule has 2 aromatic carbocycles. The monoisotopic (exact) mass is 296 g/mol. The van der Waals surface area contributed by atoms with Gasteiger partial charge in [0.2, 0.25) is 0 Å². The van der Waals surface area contributed by atoms with Gasteiger partial charge in [-0.2, -0.15) is 13.5 Å². The zero-order valence-corrected chi connectivity index (χ0v) is 10.9. The Labute approximate surface area is 114 Å². The van der Waals surface area contributed by atoms with Crippen molar-refractivity contribution in [3.63, 3.8) is 0 Å². The molecule has 0 saturated carbocycles. The molecule has 2 aromatic rings. The molecule has 0 bridgehead atoms. The van der Waals surface area contributed by atoms with Crippen LogP contribution in [0.5, 0.6) is 0 Å². The number of sulfonamides is 1. The lowest BCUT2D eigenvalue weighted by molar-refractivity contribution is 0.577. The van der Waals surface area contributed by atoms with E-state index in [2.05, 4.69) is 5.10 Å². The topological polar surface area (TPSA) is 58.5 Å². The summed E-state index contributed by atoms with van der Waals surface area (Å²) in [5.41, 5.74) is -0.414. The molecule has 7 heteroatoms. The van der Waals surface area contributed by atoms with E-state index in [9.17, 15) is 17.2 Å². The fourth-order valence-corrected chi connectivity index (χ4v) is 2.26. The van der Waals surface area contributed by atoms with Gasteiger partial charge in [0.15, 0.2) is 0 Å². The van der Waals surface area contributed by atoms with Gasteiger partial charge in [-0.15, -0.1) is 0 Å². The molecule has 0 atom stereocenters. The maximum absolute atomic E-state index is 13.3. The second kappa shape index (κ2) is 5.79. The fraction of sp³-hybridized carbons (Fsp3) is 0. The first-order chi connectivity index (χ1) is 9.50. The highest BCUT2D eigenvalue weighted by Crippen LogP contribution is 2.10. The molecule has 0 spiro atoms. The number of benzene rings is 2. The van der Waals surface area contributed by atoms with Gasteiger partial charge in [-0.1, -0.05) is 24.3 Å². The van der Waals surface area contributed by atoms with Gasteiger partial charge in [0, 0.05) is 0 Å². The molecule has 4 nitrogen and oxygen atoms in total. The third-order valence-electron chi connectivity index (χ3n) is 2.42. The molecular weight excluding hydrogens is 286 g/mol. The minimum absolute atomic E-state index is 0.00570. The Balaban J connectivity index is 2.19. The van der Waals surface area contributed by atoms with Gasteiger partial charge >= 0.3 is 0 Å². The Kier molecular flexibility index (Phi) is 4.09. The SMILES string of the molecule is O=S(=O)(N/N=C/c1c(F)cccc1F)c1ccccc1. The van der Waals surface area contributed by atoms with Crippen molar-refractivity contribution >= 4 is 16.2 Å². The Hall–Kier alpha value is -2.28. The standard InChI is InChI=1S/C13H10F2N2O2S/c14-12-7-4-8-13(15)11(12)9-16-17-20(18,19)10-5-2-1-3-6-10/h1-9,17H/b16-9+. The van der Waals surface area contributed by atoms with Gasteiger partial charge in [-0.25, -0.2) is 13.6 Å². The van der Waals surface area contributed by atoms with Crippen LogP contribution in [-0.2, 0) is 10.0 Å². The van der Waals surface area contributed by atoms with Crippen LogP contribution in [0.1, 0.15) is 5.56 Å². The molecule has 0 fully saturated rings. The molecule has 0 unspecified atom stereocenters. The summed E-state index contributed by atoms with van der Waals surface area (Å²) in [6, 6.07) is 10.8. The molecule has 0 radical (unpaired) electrons. The van der Waals surface area contributed by atoms with Crippen molar-refractivity contribution in [2.45, 2.75) is 4.90 Å². The van der Waals surface area contributed by atoms with E-state index in [4.69, 9.17) is 0 Å². The van der Waals surface area contributed by atoms with E-state index in [1.165, 1.54) is 18.2 Å². The lowest BCUT2D eigenvalue weighted by Gasteiger charge is -2.03. The van der Waals surface area contributed by atoms with E-state index >= 15 is 0 Å². The quantitative estimate of drug-likeness (QED) is 0.695. The number of nitrogens with one attached hydrogen (secondary N) is 1. The average molecular weight is 296 g/mol. The Morgan fingerprint density at radius 2 is 1.55 bits per heavy atom. The number of nitrogens with zero attached hydrogens (tertiary/aromatic N) is 1. The number of hydrogen-bond acceptors (Lipinski definition) is 3. The summed E-state index contributed by atoms with van der Waals surface area (Å²) in [4.78, 5) is 1.89. The maximum atomic E-state index is 13.3. The average Bonchev–Trinajstić information content (AvgIpc) is 2.43. The Bertz CT molecular complexity index is 711. The van der Waals surface area contributed by atoms with E-state index in [0.29, 0.717) is 0 Å². The van der Waals surface area contributed by atoms with Gasteiger partial charge < -0.3 is 0 Å². The van der Waals surface area contributed by atoms with Crippen LogP contribution in [0.15, 0.2) is 58.5 Å². The van der Waals surface area contributed by atoms with Crippen molar-refractivity contribution in [3.8, 4) is 0 Å². The number of hydrazone groups is 1. The molecule has 0 heterocycles. The van der Waals surface area contributed by atoms with Crippen molar-refractivity contribution in [1.29, 1.82) is 0 Å². The molecule has 0 aliphatic carbocycles. The van der Waals surface area contributed by atoms with Crippen molar-refractivity contribution < 1.29 is 17.2 Å². The van der Waals surface area contributed by atoms with Crippen LogP contribution < -0.4 is 4.83 Å². The summed E-state index contributed by atoms with van der Waals surface area (Å²) in [5, 5.41) is 3.37. The van der Waals surface area contributed by atoms with Crippen LogP contribution in [0.25, 0.3) is 0 Å². The van der Waals surface area contributed by atoms with E-state index in [1.807, 2.05) is 4.83 Å². The largest absolute Gasteiger partial charge is 0.276 e. The third-order valence-corrected chi connectivity index (χ3v) is 3.66. The lowest BCUT2D eigenvalue weighted by Crippen LogP contribution is -2.18. The van der Waals surface area contributed by atoms with Gasteiger partial charge in [0.1, 0.15) is 11.6 Å². The Morgan fingerprint density at radius 1 is 0.950 bits per heavy atom. The van der Waals surface area contributed by atoms with E-state index in [0.717, 1.165) is 18.3 Å². The van der Waals surface area contributed by atoms with Gasteiger partial charge in [0.25, 0.3) is 10.0 Å². The van der Waals surface area contributed by atoms with E-state index in [1.54, 1.807) is 18.2 Å². The maximum Gasteiger partial charge on any atom is 0.276 e. The zero-order valence-electron chi connectivity index (χ0n) is 10.1. The molecule has 0 aliphatic heterocycles. The summed E-state index contributed by atoms with van der Waals surface area (Å²) in [6.07, 6.45) is 0.783. The predicted molar refractivity (Wildman–Crippen MR) is 70.7 cm³/mol. The first-order valence-corrected chi connectivity index (χ1v) is 7.03. The molecule has 0 saturated heterocycles. The molecule has 1 N–H and O–H groups in total. The van der Waals surface area contributed by atoms with Crippen LogP contribution in [0.3, 0.4) is 0 Å². The Morgan fingerprint density at radius 3 is 2.15 bits per heavy atom. The van der Waals surface area contributed by atoms with E-state index in [-0.39, 0.29) is 4.90 Å². The summed E-state index contributed by atoms with van der Waals surface area (Å²) < 4.78 is 50.1. The molecule has 2 rings (SSSR count). The van der Waals surface area contributed by atoms with Gasteiger partial charge in [-0.3, -0.25) is 0 Å². The normalized spacial score (nSPS) is 11.7. The van der Waals surface area contributed by atoms with Gasteiger partial charge in [0.05, 0.1) is 16.7 Å². The minimum atomic E-state index is -3.85. The highest BCUT2D eigenvalue weighted by Gasteiger charge is 2.11. The van der Waals surface area contributed by atoms with Crippen LogP contribution in [0.2, 0.25) is 0 Å². The zero-order chi connectivity index (χ0) is 14.6. The van der Waals surface area contributed by atoms with Crippen molar-refractivity contribution in [2.24, 2.45) is 5.10 Å². The number of rotatable bonds is 4. The van der Waals surface area contributed by atoms with Crippen LogP contribution in [0, 0.1) is 11.6 Å². The number of hydrogen-bond donors (Lipinski definition) is 1. The molecule has 0 aromatic heterocycles. The highest BCUT2D eigenvalue weighted by atomic mass is 32.2. The minimum Gasteiger partial charge on any atom is -0.206 e. The van der Waals surface area contributed by atoms with Crippen molar-refractivity contribution in [3.05, 3.63) is 65.7 Å². The van der Waals surface area contributed by atoms with Crippen LogP contribution >= 0.6 is 0 Å². The summed E-state index contributed by atoms with van der Waals surface area (Å²) in [6.45, 7) is 0. The summed E-state index contributed by atoms with van der Waals surface area (Å²) in [5.74, 6) is -1.65. The van der Waals surface area contributed by atoms with Crippen LogP contribution in [-0.4, -0.2) is 14.6 Å². The second-order valence-electron chi connectivity index (χ2n) is 3.80. The third kappa shape index (κ3) is 3.18. The molecule has 104 valence electrons. The fourth-order valence-electron chi connectivity index (χ4n) is 1.45. The summed E-state index contributed by atoms with van der Waals surface area (Å²) in [7, 11) is -3.85. The molecular formula is C13H10F2N2O2S. The summed E-state index contributed by atoms with van der Waals surface area (Å²) >= 11 is 0. The van der Waals surface area contributed by atoms with Crippen molar-refractivity contribution in [2.75, 3.05) is 0 Å². The van der Waals surface area contributed by atoms with Crippen molar-refractivity contribution in [1.82, 2.24) is 4.83 Å². The molecule has 20 heavy (non-hydrogen) atoms. The highest BCUT2D eigenvalue weighted by molar-refractivity contribution is 7.89. The lowest BCUT2D eigenvalue weighted by atomic mass is 10.2. The first kappa shape index (κ1) is 14.1. The van der Waals surface area contributed by atoms with Gasteiger partial charge in [-0.05, 0) is 24.3 Å². The smallest absolute Gasteiger partial charge is 0.206 e. The first-order valence-electron chi connectivity index (χ1n) is 5.54. The second-order valence-corrected chi connectivity index (χ2v) is 5.46.